The molecule has 2 nitrogen and oxygen atoms in total. The summed E-state index contributed by atoms with van der Waals surface area (Å²) in [4.78, 5) is 2.21. The summed E-state index contributed by atoms with van der Waals surface area (Å²) in [6.45, 7) is 1.90. The molecule has 2 saturated heterocycles. The van der Waals surface area contributed by atoms with E-state index in [0.717, 1.165) is 37.9 Å². The molecule has 0 aromatic heterocycles. The standard InChI is InChI=1S/C9H14FNO.HI/c10-5-8-4-9(7-12)2-1-3-11(9)6-8;/h5,12H,1-4,6-7H2;1H/b8-5-;. The first-order chi connectivity index (χ1) is 5.80. The van der Waals surface area contributed by atoms with Crippen LogP contribution < -0.4 is 0 Å². The summed E-state index contributed by atoms with van der Waals surface area (Å²) >= 11 is 0. The lowest BCUT2D eigenvalue weighted by atomic mass is 9.94. The molecular weight excluding hydrogens is 284 g/mol. The van der Waals surface area contributed by atoms with Crippen molar-refractivity contribution in [2.75, 3.05) is 19.7 Å². The maximum Gasteiger partial charge on any atom is 0.0872 e. The van der Waals surface area contributed by atoms with Gasteiger partial charge in [-0.15, -0.1) is 24.0 Å². The van der Waals surface area contributed by atoms with Crippen LogP contribution in [0, 0.1) is 0 Å². The molecule has 2 aliphatic heterocycles. The Morgan fingerprint density at radius 1 is 1.62 bits per heavy atom. The highest BCUT2D eigenvalue weighted by atomic mass is 127. The van der Waals surface area contributed by atoms with Crippen molar-refractivity contribution in [2.24, 2.45) is 0 Å². The molecule has 0 saturated carbocycles. The van der Waals surface area contributed by atoms with Gasteiger partial charge in [0, 0.05) is 12.1 Å². The van der Waals surface area contributed by atoms with Crippen LogP contribution in [-0.2, 0) is 0 Å². The maximum absolute atomic E-state index is 12.2. The lowest BCUT2D eigenvalue weighted by molar-refractivity contribution is 0.1000. The highest BCUT2D eigenvalue weighted by Gasteiger charge is 2.45. The average Bonchev–Trinajstić information content (AvgIpc) is 2.58. The van der Waals surface area contributed by atoms with Crippen LogP contribution in [0.25, 0.3) is 0 Å². The van der Waals surface area contributed by atoms with Crippen molar-refractivity contribution in [3.8, 4) is 0 Å². The minimum Gasteiger partial charge on any atom is -0.394 e. The van der Waals surface area contributed by atoms with Crippen molar-refractivity contribution in [1.29, 1.82) is 0 Å². The van der Waals surface area contributed by atoms with Gasteiger partial charge in [-0.3, -0.25) is 4.90 Å². The van der Waals surface area contributed by atoms with Gasteiger partial charge >= 0.3 is 0 Å². The second-order valence-corrected chi connectivity index (χ2v) is 3.85. The molecule has 2 fully saturated rings. The van der Waals surface area contributed by atoms with Crippen LogP contribution in [0.4, 0.5) is 4.39 Å². The van der Waals surface area contributed by atoms with E-state index < -0.39 is 0 Å². The van der Waals surface area contributed by atoms with Crippen LogP contribution in [0.2, 0.25) is 0 Å². The van der Waals surface area contributed by atoms with Crippen LogP contribution in [0.5, 0.6) is 0 Å². The quantitative estimate of drug-likeness (QED) is 0.745. The van der Waals surface area contributed by atoms with Gasteiger partial charge in [-0.25, -0.2) is 4.39 Å². The monoisotopic (exact) mass is 299 g/mol. The number of hydrogen-bond donors (Lipinski definition) is 1. The highest BCUT2D eigenvalue weighted by molar-refractivity contribution is 14.0. The second-order valence-electron chi connectivity index (χ2n) is 3.85. The van der Waals surface area contributed by atoms with Gasteiger partial charge in [0.05, 0.1) is 12.9 Å². The molecule has 0 bridgehead atoms. The largest absolute Gasteiger partial charge is 0.394 e. The molecule has 76 valence electrons. The highest BCUT2D eigenvalue weighted by Crippen LogP contribution is 2.40. The first kappa shape index (κ1) is 11.4. The predicted molar refractivity (Wildman–Crippen MR) is 59.8 cm³/mol. The normalized spacial score (nSPS) is 36.3. The fourth-order valence-corrected chi connectivity index (χ4v) is 2.47. The first-order valence-electron chi connectivity index (χ1n) is 4.45. The van der Waals surface area contributed by atoms with Gasteiger partial charge in [0.2, 0.25) is 0 Å². The van der Waals surface area contributed by atoms with Crippen molar-refractivity contribution >= 4 is 24.0 Å². The number of rotatable bonds is 1. The van der Waals surface area contributed by atoms with Crippen molar-refractivity contribution in [2.45, 2.75) is 24.8 Å². The SMILES string of the molecule is I.OCC12CCCN1C/C(=C\F)C2. The summed E-state index contributed by atoms with van der Waals surface area (Å²) < 4.78 is 12.2. The van der Waals surface area contributed by atoms with E-state index in [1.54, 1.807) is 0 Å². The van der Waals surface area contributed by atoms with E-state index in [9.17, 15) is 9.50 Å². The Bertz CT molecular complexity index is 222. The lowest BCUT2D eigenvalue weighted by Gasteiger charge is -2.28. The summed E-state index contributed by atoms with van der Waals surface area (Å²) in [6, 6.07) is 0. The summed E-state index contributed by atoms with van der Waals surface area (Å²) in [5.74, 6) is 0. The van der Waals surface area contributed by atoms with Gasteiger partial charge < -0.3 is 5.11 Å². The first-order valence-corrected chi connectivity index (χ1v) is 4.45. The van der Waals surface area contributed by atoms with E-state index in [2.05, 4.69) is 4.90 Å². The Balaban J connectivity index is 0.000000845. The smallest absolute Gasteiger partial charge is 0.0872 e. The molecule has 0 aromatic carbocycles. The Morgan fingerprint density at radius 2 is 2.38 bits per heavy atom. The van der Waals surface area contributed by atoms with Crippen molar-refractivity contribution in [3.05, 3.63) is 11.9 Å². The van der Waals surface area contributed by atoms with Crippen LogP contribution in [0.3, 0.4) is 0 Å². The molecule has 1 atom stereocenters. The van der Waals surface area contributed by atoms with E-state index in [0.29, 0.717) is 6.33 Å². The summed E-state index contributed by atoms with van der Waals surface area (Å²) in [6.07, 6.45) is 3.58. The topological polar surface area (TPSA) is 23.5 Å². The molecule has 2 heterocycles. The van der Waals surface area contributed by atoms with E-state index >= 15 is 0 Å². The predicted octanol–water partition coefficient (Wildman–Crippen LogP) is 1.69. The molecule has 0 aromatic rings. The molecule has 1 N–H and O–H groups in total. The molecule has 0 amide bonds. The molecular formula is C9H15FINO. The molecule has 0 radical (unpaired) electrons. The van der Waals surface area contributed by atoms with Gasteiger partial charge in [0.15, 0.2) is 0 Å². The molecule has 2 rings (SSSR count). The van der Waals surface area contributed by atoms with Crippen LogP contribution >= 0.6 is 24.0 Å². The lowest BCUT2D eigenvalue weighted by Crippen LogP contribution is -2.41. The molecule has 1 unspecified atom stereocenters. The minimum atomic E-state index is -0.0993. The Kier molecular flexibility index (Phi) is 3.71. The zero-order valence-electron chi connectivity index (χ0n) is 7.50. The van der Waals surface area contributed by atoms with Crippen molar-refractivity contribution in [3.63, 3.8) is 0 Å². The molecule has 4 heteroatoms. The fourth-order valence-electron chi connectivity index (χ4n) is 2.47. The van der Waals surface area contributed by atoms with Crippen molar-refractivity contribution in [1.82, 2.24) is 4.90 Å². The van der Waals surface area contributed by atoms with Crippen LogP contribution in [0.15, 0.2) is 11.9 Å². The number of aliphatic hydroxyl groups is 1. The molecule has 0 spiro atoms. The Morgan fingerprint density at radius 3 is 2.92 bits per heavy atom. The van der Waals surface area contributed by atoms with Gasteiger partial charge in [0.1, 0.15) is 0 Å². The van der Waals surface area contributed by atoms with Crippen molar-refractivity contribution < 1.29 is 9.50 Å². The maximum atomic E-state index is 12.2. The van der Waals surface area contributed by atoms with Gasteiger partial charge in [0.25, 0.3) is 0 Å². The fraction of sp³-hybridized carbons (Fsp3) is 0.778. The van der Waals surface area contributed by atoms with E-state index in [1.807, 2.05) is 0 Å². The van der Waals surface area contributed by atoms with Crippen LogP contribution in [-0.4, -0.2) is 35.2 Å². The third-order valence-electron chi connectivity index (χ3n) is 3.14. The van der Waals surface area contributed by atoms with Crippen LogP contribution in [0.1, 0.15) is 19.3 Å². The average molecular weight is 299 g/mol. The van der Waals surface area contributed by atoms with Gasteiger partial charge in [-0.1, -0.05) is 0 Å². The van der Waals surface area contributed by atoms with Gasteiger partial charge in [-0.05, 0) is 31.4 Å². The third-order valence-corrected chi connectivity index (χ3v) is 3.14. The summed E-state index contributed by atoms with van der Waals surface area (Å²) in [5.41, 5.74) is 0.738. The third kappa shape index (κ3) is 1.76. The van der Waals surface area contributed by atoms with Gasteiger partial charge in [-0.2, -0.15) is 0 Å². The molecule has 0 aliphatic carbocycles. The zero-order chi connectivity index (χ0) is 8.60. The summed E-state index contributed by atoms with van der Waals surface area (Å²) in [5, 5.41) is 9.25. The second kappa shape index (κ2) is 4.23. The number of halogens is 2. The number of nitrogens with zero attached hydrogens (tertiary/aromatic N) is 1. The Hall–Kier alpha value is 0.320. The Labute approximate surface area is 94.8 Å². The zero-order valence-corrected chi connectivity index (χ0v) is 9.83. The van der Waals surface area contributed by atoms with E-state index in [4.69, 9.17) is 0 Å². The molecule has 2 aliphatic rings. The number of aliphatic hydroxyl groups excluding tert-OH is 1. The number of fused-ring (bicyclic) bond motifs is 1. The molecule has 13 heavy (non-hydrogen) atoms. The van der Waals surface area contributed by atoms with E-state index in [-0.39, 0.29) is 36.1 Å². The van der Waals surface area contributed by atoms with E-state index in [1.165, 1.54) is 0 Å². The minimum absolute atomic E-state index is 0. The number of hydrogen-bond acceptors (Lipinski definition) is 2. The summed E-state index contributed by atoms with van der Waals surface area (Å²) in [7, 11) is 0.